The van der Waals surface area contributed by atoms with E-state index in [9.17, 15) is 4.79 Å². The molecular weight excluding hydrogens is 290 g/mol. The topological polar surface area (TPSA) is 59.2 Å². The number of carbonyl (C=O) groups excluding carboxylic acids is 1. The van der Waals surface area contributed by atoms with Crippen molar-refractivity contribution in [2.24, 2.45) is 0 Å². The van der Waals surface area contributed by atoms with Gasteiger partial charge in [0.2, 0.25) is 11.8 Å². The zero-order chi connectivity index (χ0) is 16.4. The molecule has 2 heterocycles. The van der Waals surface area contributed by atoms with Crippen molar-refractivity contribution in [1.29, 1.82) is 0 Å². The lowest BCUT2D eigenvalue weighted by atomic mass is 9.76. The van der Waals surface area contributed by atoms with E-state index in [1.807, 2.05) is 36.9 Å². The summed E-state index contributed by atoms with van der Waals surface area (Å²) < 4.78 is 5.30. The Labute approximate surface area is 136 Å². The molecule has 0 saturated carbocycles. The molecular formula is C18H23N3O2. The van der Waals surface area contributed by atoms with Crippen LogP contribution in [0.25, 0.3) is 0 Å². The third kappa shape index (κ3) is 3.28. The Hall–Kier alpha value is -2.17. The molecule has 1 aromatic heterocycles. The molecule has 1 fully saturated rings. The Bertz CT molecular complexity index is 681. The fourth-order valence-electron chi connectivity index (χ4n) is 3.08. The average Bonchev–Trinajstić information content (AvgIpc) is 3.01. The van der Waals surface area contributed by atoms with Crippen molar-refractivity contribution in [2.75, 3.05) is 6.54 Å². The standard InChI is InChI=1S/C18H23N3O2/c1-13(2)17-19-15(23-20-17)11-21-12-18(3,10-9-16(21)22)14-7-5-4-6-8-14/h4-8,13H,9-12H2,1-3H3/t18-/m1/s1. The van der Waals surface area contributed by atoms with Gasteiger partial charge in [-0.25, -0.2) is 0 Å². The maximum atomic E-state index is 12.3. The number of hydrogen-bond acceptors (Lipinski definition) is 4. The number of benzene rings is 1. The summed E-state index contributed by atoms with van der Waals surface area (Å²) in [6, 6.07) is 10.4. The van der Waals surface area contributed by atoms with Crippen molar-refractivity contribution in [3.8, 4) is 0 Å². The minimum atomic E-state index is -0.0317. The molecule has 0 bridgehead atoms. The first-order valence-electron chi connectivity index (χ1n) is 8.14. The summed E-state index contributed by atoms with van der Waals surface area (Å²) in [6.45, 7) is 7.33. The second kappa shape index (κ2) is 6.14. The quantitative estimate of drug-likeness (QED) is 0.869. The van der Waals surface area contributed by atoms with Crippen LogP contribution in [0.3, 0.4) is 0 Å². The number of amides is 1. The van der Waals surface area contributed by atoms with Gasteiger partial charge >= 0.3 is 0 Å². The Balaban J connectivity index is 1.77. The molecule has 0 radical (unpaired) electrons. The van der Waals surface area contributed by atoms with Crippen molar-refractivity contribution in [3.63, 3.8) is 0 Å². The van der Waals surface area contributed by atoms with Crippen molar-refractivity contribution >= 4 is 5.91 Å². The SMILES string of the molecule is CC(C)c1noc(CN2C[C@](C)(c3ccccc3)CCC2=O)n1. The van der Waals surface area contributed by atoms with Crippen molar-refractivity contribution in [1.82, 2.24) is 15.0 Å². The number of nitrogens with zero attached hydrogens (tertiary/aromatic N) is 3. The maximum Gasteiger partial charge on any atom is 0.246 e. The summed E-state index contributed by atoms with van der Waals surface area (Å²) in [5.41, 5.74) is 1.24. The van der Waals surface area contributed by atoms with Crippen LogP contribution in [0.4, 0.5) is 0 Å². The second-order valence-corrected chi connectivity index (χ2v) is 6.88. The summed E-state index contributed by atoms with van der Waals surface area (Å²) in [7, 11) is 0. The highest BCUT2D eigenvalue weighted by Crippen LogP contribution is 2.34. The lowest BCUT2D eigenvalue weighted by Crippen LogP contribution is -2.47. The summed E-state index contributed by atoms with van der Waals surface area (Å²) >= 11 is 0. The van der Waals surface area contributed by atoms with Gasteiger partial charge in [-0.3, -0.25) is 4.79 Å². The highest BCUT2D eigenvalue weighted by atomic mass is 16.5. The lowest BCUT2D eigenvalue weighted by Gasteiger charge is -2.40. The number of piperidine rings is 1. The third-order valence-electron chi connectivity index (χ3n) is 4.58. The van der Waals surface area contributed by atoms with Crippen molar-refractivity contribution < 1.29 is 9.32 Å². The van der Waals surface area contributed by atoms with Crippen LogP contribution >= 0.6 is 0 Å². The molecule has 1 aromatic carbocycles. The molecule has 5 heteroatoms. The fraction of sp³-hybridized carbons (Fsp3) is 0.500. The van der Waals surface area contributed by atoms with E-state index in [2.05, 4.69) is 29.2 Å². The van der Waals surface area contributed by atoms with Crippen LogP contribution in [0, 0.1) is 0 Å². The van der Waals surface area contributed by atoms with Crippen LogP contribution in [0.15, 0.2) is 34.9 Å². The largest absolute Gasteiger partial charge is 0.337 e. The normalized spacial score (nSPS) is 21.9. The number of hydrogen-bond donors (Lipinski definition) is 0. The first-order valence-corrected chi connectivity index (χ1v) is 8.14. The number of likely N-dealkylation sites (tertiary alicyclic amines) is 1. The zero-order valence-corrected chi connectivity index (χ0v) is 14.0. The van der Waals surface area contributed by atoms with Crippen molar-refractivity contribution in [3.05, 3.63) is 47.6 Å². The summed E-state index contributed by atoms with van der Waals surface area (Å²) in [5, 5.41) is 3.98. The first-order chi connectivity index (χ1) is 11.0. The predicted molar refractivity (Wildman–Crippen MR) is 86.8 cm³/mol. The maximum absolute atomic E-state index is 12.3. The van der Waals surface area contributed by atoms with Crippen LogP contribution in [-0.4, -0.2) is 27.5 Å². The Morgan fingerprint density at radius 3 is 2.70 bits per heavy atom. The summed E-state index contributed by atoms with van der Waals surface area (Å²) in [5.74, 6) is 1.58. The van der Waals surface area contributed by atoms with E-state index in [0.29, 0.717) is 31.2 Å². The van der Waals surface area contributed by atoms with E-state index in [0.717, 1.165) is 6.42 Å². The van der Waals surface area contributed by atoms with Gasteiger partial charge in [0.05, 0.1) is 0 Å². The molecule has 0 unspecified atom stereocenters. The minimum Gasteiger partial charge on any atom is -0.337 e. The first kappa shape index (κ1) is 15.7. The van der Waals surface area contributed by atoms with E-state index in [1.54, 1.807) is 0 Å². The average molecular weight is 313 g/mol. The molecule has 0 aliphatic carbocycles. The molecule has 122 valence electrons. The minimum absolute atomic E-state index is 0.0317. The molecule has 1 aliphatic heterocycles. The molecule has 1 atom stereocenters. The van der Waals surface area contributed by atoms with Crippen LogP contribution < -0.4 is 0 Å². The molecule has 3 rings (SSSR count). The second-order valence-electron chi connectivity index (χ2n) is 6.88. The Morgan fingerprint density at radius 1 is 1.30 bits per heavy atom. The van der Waals surface area contributed by atoms with Gasteiger partial charge in [-0.2, -0.15) is 4.98 Å². The summed E-state index contributed by atoms with van der Waals surface area (Å²) in [6.07, 6.45) is 1.42. The van der Waals surface area contributed by atoms with Gasteiger partial charge in [0.15, 0.2) is 5.82 Å². The highest BCUT2D eigenvalue weighted by Gasteiger charge is 2.36. The Morgan fingerprint density at radius 2 is 2.04 bits per heavy atom. The van der Waals surface area contributed by atoms with E-state index in [4.69, 9.17) is 4.52 Å². The number of rotatable bonds is 4. The molecule has 1 aliphatic rings. The van der Waals surface area contributed by atoms with Crippen LogP contribution in [0.5, 0.6) is 0 Å². The number of carbonyl (C=O) groups is 1. The van der Waals surface area contributed by atoms with E-state index in [-0.39, 0.29) is 17.2 Å². The summed E-state index contributed by atoms with van der Waals surface area (Å²) in [4.78, 5) is 18.5. The highest BCUT2D eigenvalue weighted by molar-refractivity contribution is 5.77. The predicted octanol–water partition coefficient (Wildman–Crippen LogP) is 3.27. The van der Waals surface area contributed by atoms with Crippen LogP contribution in [-0.2, 0) is 16.8 Å². The van der Waals surface area contributed by atoms with Gasteiger partial charge in [0.25, 0.3) is 0 Å². The van der Waals surface area contributed by atoms with Gasteiger partial charge < -0.3 is 9.42 Å². The van der Waals surface area contributed by atoms with Crippen molar-refractivity contribution in [2.45, 2.75) is 51.5 Å². The van der Waals surface area contributed by atoms with E-state index < -0.39 is 0 Å². The van der Waals surface area contributed by atoms with Gasteiger partial charge in [0, 0.05) is 24.3 Å². The molecule has 1 amide bonds. The molecule has 0 spiro atoms. The number of aromatic nitrogens is 2. The zero-order valence-electron chi connectivity index (χ0n) is 14.0. The van der Waals surface area contributed by atoms with Gasteiger partial charge in [-0.15, -0.1) is 0 Å². The van der Waals surface area contributed by atoms with E-state index in [1.165, 1.54) is 5.56 Å². The van der Waals surface area contributed by atoms with Crippen LogP contribution in [0.1, 0.15) is 56.8 Å². The van der Waals surface area contributed by atoms with Gasteiger partial charge in [0.1, 0.15) is 6.54 Å². The van der Waals surface area contributed by atoms with E-state index >= 15 is 0 Å². The van der Waals surface area contributed by atoms with Crippen LogP contribution in [0.2, 0.25) is 0 Å². The molecule has 23 heavy (non-hydrogen) atoms. The van der Waals surface area contributed by atoms with Gasteiger partial charge in [-0.05, 0) is 12.0 Å². The lowest BCUT2D eigenvalue weighted by molar-refractivity contribution is -0.136. The van der Waals surface area contributed by atoms with Gasteiger partial charge in [-0.1, -0.05) is 56.3 Å². The monoisotopic (exact) mass is 313 g/mol. The fourth-order valence-corrected chi connectivity index (χ4v) is 3.08. The third-order valence-corrected chi connectivity index (χ3v) is 4.58. The molecule has 5 nitrogen and oxygen atoms in total. The Kier molecular flexibility index (Phi) is 4.20. The molecule has 0 N–H and O–H groups in total. The molecule has 1 saturated heterocycles. The molecule has 2 aromatic rings. The smallest absolute Gasteiger partial charge is 0.246 e.